The number of aromatic nitrogens is 1. The van der Waals surface area contributed by atoms with Crippen LogP contribution in [0.15, 0.2) is 33.4 Å². The second-order valence-corrected chi connectivity index (χ2v) is 4.36. The summed E-state index contributed by atoms with van der Waals surface area (Å²) in [7, 11) is 0. The SMILES string of the molecule is O=C(O)c1coc(Nc2ccc(Br)c(Cl)c2)n1. The molecule has 0 unspecified atom stereocenters. The number of nitrogens with zero attached hydrogens (tertiary/aromatic N) is 1. The first-order valence-electron chi connectivity index (χ1n) is 4.47. The van der Waals surface area contributed by atoms with Crippen molar-refractivity contribution >= 4 is 45.2 Å². The number of hydrogen-bond acceptors (Lipinski definition) is 4. The third-order valence-electron chi connectivity index (χ3n) is 1.89. The Morgan fingerprint density at radius 1 is 1.53 bits per heavy atom. The first kappa shape index (κ1) is 11.9. The zero-order chi connectivity index (χ0) is 12.4. The van der Waals surface area contributed by atoms with Crippen LogP contribution in [0.4, 0.5) is 11.7 Å². The number of carbonyl (C=O) groups is 1. The summed E-state index contributed by atoms with van der Waals surface area (Å²) in [4.78, 5) is 14.3. The van der Waals surface area contributed by atoms with Gasteiger partial charge in [-0.15, -0.1) is 0 Å². The van der Waals surface area contributed by atoms with Gasteiger partial charge >= 0.3 is 5.97 Å². The fraction of sp³-hybridized carbons (Fsp3) is 0. The van der Waals surface area contributed by atoms with Crippen LogP contribution in [-0.4, -0.2) is 16.1 Å². The fourth-order valence-corrected chi connectivity index (χ4v) is 1.55. The lowest BCUT2D eigenvalue weighted by atomic mass is 10.3. The van der Waals surface area contributed by atoms with Gasteiger partial charge in [-0.05, 0) is 34.1 Å². The highest BCUT2D eigenvalue weighted by atomic mass is 79.9. The van der Waals surface area contributed by atoms with Crippen LogP contribution in [-0.2, 0) is 0 Å². The smallest absolute Gasteiger partial charge is 0.357 e. The Kier molecular flexibility index (Phi) is 3.35. The Labute approximate surface area is 110 Å². The second-order valence-electron chi connectivity index (χ2n) is 3.10. The van der Waals surface area contributed by atoms with Gasteiger partial charge in [0.1, 0.15) is 6.26 Å². The third kappa shape index (κ3) is 2.78. The van der Waals surface area contributed by atoms with E-state index >= 15 is 0 Å². The topological polar surface area (TPSA) is 75.4 Å². The maximum absolute atomic E-state index is 10.6. The number of hydrogen-bond donors (Lipinski definition) is 2. The number of rotatable bonds is 3. The van der Waals surface area contributed by atoms with Gasteiger partial charge in [-0.3, -0.25) is 0 Å². The quantitative estimate of drug-likeness (QED) is 0.905. The number of carboxylic acids is 1. The first-order chi connectivity index (χ1) is 8.06. The number of carboxylic acid groups (broad SMARTS) is 1. The molecule has 7 heteroatoms. The molecule has 5 nitrogen and oxygen atoms in total. The van der Waals surface area contributed by atoms with Gasteiger partial charge in [0.15, 0.2) is 5.69 Å². The van der Waals surface area contributed by atoms with Crippen molar-refractivity contribution in [1.82, 2.24) is 4.98 Å². The summed E-state index contributed by atoms with van der Waals surface area (Å²) in [6.45, 7) is 0. The Bertz CT molecular complexity index is 570. The third-order valence-corrected chi connectivity index (χ3v) is 3.13. The highest BCUT2D eigenvalue weighted by Crippen LogP contribution is 2.27. The summed E-state index contributed by atoms with van der Waals surface area (Å²) in [5.74, 6) is -1.14. The van der Waals surface area contributed by atoms with Gasteiger partial charge < -0.3 is 14.8 Å². The van der Waals surface area contributed by atoms with Gasteiger partial charge in [0.25, 0.3) is 6.01 Å². The minimum Gasteiger partial charge on any atom is -0.476 e. The minimum atomic E-state index is -1.14. The summed E-state index contributed by atoms with van der Waals surface area (Å²) in [5, 5.41) is 12.0. The molecule has 88 valence electrons. The standard InChI is InChI=1S/C10H6BrClN2O3/c11-6-2-1-5(3-7(6)12)13-10-14-8(4-17-10)9(15)16/h1-4H,(H,13,14)(H,15,16). The monoisotopic (exact) mass is 316 g/mol. The van der Waals surface area contributed by atoms with Crippen molar-refractivity contribution in [2.75, 3.05) is 5.32 Å². The summed E-state index contributed by atoms with van der Waals surface area (Å²) in [5.41, 5.74) is 0.493. The van der Waals surface area contributed by atoms with E-state index in [1.54, 1.807) is 18.2 Å². The molecule has 1 heterocycles. The van der Waals surface area contributed by atoms with Crippen molar-refractivity contribution in [3.05, 3.63) is 39.7 Å². The van der Waals surface area contributed by atoms with Crippen molar-refractivity contribution in [3.63, 3.8) is 0 Å². The van der Waals surface area contributed by atoms with Crippen molar-refractivity contribution in [3.8, 4) is 0 Å². The number of halogens is 2. The van der Waals surface area contributed by atoms with E-state index in [1.165, 1.54) is 0 Å². The van der Waals surface area contributed by atoms with E-state index in [4.69, 9.17) is 21.1 Å². The average molecular weight is 318 g/mol. The average Bonchev–Trinajstić information content (AvgIpc) is 2.72. The fourth-order valence-electron chi connectivity index (χ4n) is 1.13. The molecular weight excluding hydrogens is 311 g/mol. The van der Waals surface area contributed by atoms with Crippen LogP contribution >= 0.6 is 27.5 Å². The molecule has 1 aromatic carbocycles. The van der Waals surface area contributed by atoms with Gasteiger partial charge in [-0.1, -0.05) is 11.6 Å². The van der Waals surface area contributed by atoms with Crippen molar-refractivity contribution in [2.24, 2.45) is 0 Å². The maximum Gasteiger partial charge on any atom is 0.357 e. The molecule has 0 saturated heterocycles. The molecule has 0 spiro atoms. The van der Waals surface area contributed by atoms with E-state index in [-0.39, 0.29) is 11.7 Å². The largest absolute Gasteiger partial charge is 0.476 e. The van der Waals surface area contributed by atoms with Crippen LogP contribution in [0.3, 0.4) is 0 Å². The summed E-state index contributed by atoms with van der Waals surface area (Å²) < 4.78 is 5.71. The predicted molar refractivity (Wildman–Crippen MR) is 65.9 cm³/mol. The number of aromatic carboxylic acids is 1. The van der Waals surface area contributed by atoms with Crippen molar-refractivity contribution in [1.29, 1.82) is 0 Å². The van der Waals surface area contributed by atoms with E-state index in [2.05, 4.69) is 26.2 Å². The van der Waals surface area contributed by atoms with Crippen molar-refractivity contribution in [2.45, 2.75) is 0 Å². The Morgan fingerprint density at radius 3 is 2.88 bits per heavy atom. The predicted octanol–water partition coefficient (Wildman–Crippen LogP) is 3.53. The number of oxazole rings is 1. The van der Waals surface area contributed by atoms with E-state index in [0.717, 1.165) is 10.7 Å². The molecule has 2 rings (SSSR count). The number of anilines is 2. The van der Waals surface area contributed by atoms with E-state index < -0.39 is 5.97 Å². The van der Waals surface area contributed by atoms with E-state index in [1.807, 2.05) is 0 Å². The van der Waals surface area contributed by atoms with Crippen LogP contribution in [0.1, 0.15) is 10.5 Å². The van der Waals surface area contributed by atoms with Crippen LogP contribution in [0.25, 0.3) is 0 Å². The number of nitrogens with one attached hydrogen (secondary N) is 1. The Hall–Kier alpha value is -1.53. The molecule has 0 aliphatic heterocycles. The van der Waals surface area contributed by atoms with E-state index in [9.17, 15) is 4.79 Å². The molecule has 0 amide bonds. The van der Waals surface area contributed by atoms with Crippen LogP contribution in [0.2, 0.25) is 5.02 Å². The number of benzene rings is 1. The minimum absolute atomic E-state index is 0.0980. The normalized spacial score (nSPS) is 10.2. The van der Waals surface area contributed by atoms with Crippen molar-refractivity contribution < 1.29 is 14.3 Å². The molecule has 0 aliphatic carbocycles. The molecule has 0 bridgehead atoms. The maximum atomic E-state index is 10.6. The zero-order valence-electron chi connectivity index (χ0n) is 8.28. The second kappa shape index (κ2) is 4.77. The lowest BCUT2D eigenvalue weighted by Crippen LogP contribution is -1.97. The first-order valence-corrected chi connectivity index (χ1v) is 5.64. The highest BCUT2D eigenvalue weighted by Gasteiger charge is 2.10. The lowest BCUT2D eigenvalue weighted by Gasteiger charge is -2.02. The molecule has 17 heavy (non-hydrogen) atoms. The highest BCUT2D eigenvalue weighted by molar-refractivity contribution is 9.10. The molecule has 0 radical (unpaired) electrons. The summed E-state index contributed by atoms with van der Waals surface area (Å²) in [6.07, 6.45) is 1.06. The van der Waals surface area contributed by atoms with Crippen LogP contribution < -0.4 is 5.32 Å². The van der Waals surface area contributed by atoms with Crippen LogP contribution in [0.5, 0.6) is 0 Å². The van der Waals surface area contributed by atoms with Crippen LogP contribution in [0, 0.1) is 0 Å². The molecule has 2 N–H and O–H groups in total. The molecule has 0 fully saturated rings. The molecule has 2 aromatic rings. The van der Waals surface area contributed by atoms with E-state index in [0.29, 0.717) is 10.7 Å². The van der Waals surface area contributed by atoms with Gasteiger partial charge in [-0.25, -0.2) is 4.79 Å². The zero-order valence-corrected chi connectivity index (χ0v) is 10.6. The van der Waals surface area contributed by atoms with Gasteiger partial charge in [0, 0.05) is 10.2 Å². The molecule has 0 saturated carbocycles. The molecular formula is C10H6BrClN2O3. The van der Waals surface area contributed by atoms with Gasteiger partial charge in [0.2, 0.25) is 0 Å². The molecule has 0 aliphatic rings. The molecule has 1 aromatic heterocycles. The summed E-state index contributed by atoms with van der Waals surface area (Å²) in [6, 6.07) is 5.27. The van der Waals surface area contributed by atoms with Gasteiger partial charge in [-0.2, -0.15) is 4.98 Å². The lowest BCUT2D eigenvalue weighted by molar-refractivity contribution is 0.0690. The van der Waals surface area contributed by atoms with Gasteiger partial charge in [0.05, 0.1) is 5.02 Å². The summed E-state index contributed by atoms with van der Waals surface area (Å²) >= 11 is 9.17. The Balaban J connectivity index is 2.19. The Morgan fingerprint density at radius 2 is 2.29 bits per heavy atom. The molecule has 0 atom stereocenters.